The van der Waals surface area contributed by atoms with Crippen LogP contribution >= 0.6 is 24.0 Å². The summed E-state index contributed by atoms with van der Waals surface area (Å²) >= 11 is 6.96. The number of thiocarbonyl (C=S) groups is 1. The van der Waals surface area contributed by atoms with Crippen molar-refractivity contribution in [3.63, 3.8) is 0 Å². The summed E-state index contributed by atoms with van der Waals surface area (Å²) in [6, 6.07) is 12.0. The number of methoxy groups -OCH3 is 1. The van der Waals surface area contributed by atoms with Gasteiger partial charge in [-0.1, -0.05) is 30.0 Å². The third kappa shape index (κ3) is 4.83. The van der Waals surface area contributed by atoms with Crippen LogP contribution in [0, 0.1) is 5.92 Å². The Hall–Kier alpha value is -2.65. The van der Waals surface area contributed by atoms with Gasteiger partial charge in [0.05, 0.1) is 18.4 Å². The number of pyridine rings is 1. The molecule has 2 bridgehead atoms. The molecule has 31 heavy (non-hydrogen) atoms. The third-order valence-corrected chi connectivity index (χ3v) is 7.18. The number of thioether (sulfide) groups is 1. The normalized spacial score (nSPS) is 19.3. The number of piperidine rings is 1. The number of rotatable bonds is 4. The summed E-state index contributed by atoms with van der Waals surface area (Å²) in [5.41, 5.74) is 2.18. The number of hydrogen-bond acceptors (Lipinski definition) is 6. The number of carbonyl (C=O) groups excluding carboxylic acids is 2. The van der Waals surface area contributed by atoms with Crippen LogP contribution in [-0.2, 0) is 16.1 Å². The largest absolute Gasteiger partial charge is 0.465 e. The van der Waals surface area contributed by atoms with Gasteiger partial charge in [0.15, 0.2) is 0 Å². The molecule has 9 heteroatoms. The molecule has 162 valence electrons. The summed E-state index contributed by atoms with van der Waals surface area (Å²) in [4.78, 5) is 38.1. The number of nitrogens with zero attached hydrogens (tertiary/aromatic N) is 2. The minimum Gasteiger partial charge on any atom is -0.465 e. The van der Waals surface area contributed by atoms with Crippen molar-refractivity contribution < 1.29 is 14.3 Å². The summed E-state index contributed by atoms with van der Waals surface area (Å²) in [6.45, 7) is 2.29. The van der Waals surface area contributed by atoms with Gasteiger partial charge in [-0.05, 0) is 42.7 Å². The molecule has 1 fully saturated rings. The van der Waals surface area contributed by atoms with Gasteiger partial charge < -0.3 is 19.5 Å². The molecule has 0 radical (unpaired) electrons. The Morgan fingerprint density at radius 1 is 1.16 bits per heavy atom. The molecule has 0 saturated carbocycles. The lowest BCUT2D eigenvalue weighted by Crippen LogP contribution is -2.48. The monoisotopic (exact) mass is 457 g/mol. The molecule has 7 nitrogen and oxygen atoms in total. The van der Waals surface area contributed by atoms with E-state index in [-0.39, 0.29) is 23.1 Å². The van der Waals surface area contributed by atoms with E-state index in [1.54, 1.807) is 30.3 Å². The summed E-state index contributed by atoms with van der Waals surface area (Å²) in [5.74, 6) is 0.290. The topological polar surface area (TPSA) is 80.6 Å². The second-order valence-electron chi connectivity index (χ2n) is 7.77. The fraction of sp³-hybridized carbons (Fsp3) is 0.364. The first-order chi connectivity index (χ1) is 14.9. The SMILES string of the molecule is COC(=O)c1ccc(NC(=O)CSC(=S)N2C[C@@H]3C[C@H](C2)c2cccc(=O)n2C3)cc1. The second-order valence-corrected chi connectivity index (χ2v) is 9.38. The summed E-state index contributed by atoms with van der Waals surface area (Å²) in [7, 11) is 1.33. The number of aromatic nitrogens is 1. The van der Waals surface area contributed by atoms with Gasteiger partial charge in [0, 0.05) is 43.0 Å². The number of carbonyl (C=O) groups is 2. The van der Waals surface area contributed by atoms with E-state index >= 15 is 0 Å². The number of nitrogens with one attached hydrogen (secondary N) is 1. The number of anilines is 1. The van der Waals surface area contributed by atoms with Crippen LogP contribution in [0.1, 0.15) is 28.4 Å². The van der Waals surface area contributed by atoms with Gasteiger partial charge in [-0.3, -0.25) is 9.59 Å². The van der Waals surface area contributed by atoms with E-state index in [4.69, 9.17) is 12.2 Å². The minimum absolute atomic E-state index is 0.0638. The Labute approximate surface area is 189 Å². The van der Waals surface area contributed by atoms with Crippen molar-refractivity contribution >= 4 is 45.9 Å². The maximum atomic E-state index is 12.3. The highest BCUT2D eigenvalue weighted by atomic mass is 32.2. The molecular weight excluding hydrogens is 434 g/mol. The standard InChI is InChI=1S/C22H23N3O4S2/c1-29-21(28)15-5-7-17(8-6-15)23-19(26)13-31-22(30)24-10-14-9-16(12-24)18-3-2-4-20(27)25(18)11-14/h2-8,14,16H,9-13H2,1H3,(H,23,26)/t14-,16+/m0/s1. The van der Waals surface area contributed by atoms with Crippen molar-refractivity contribution in [2.24, 2.45) is 5.92 Å². The lowest BCUT2D eigenvalue weighted by molar-refractivity contribution is -0.113. The highest BCUT2D eigenvalue weighted by molar-refractivity contribution is 8.23. The van der Waals surface area contributed by atoms with Crippen LogP contribution in [0.3, 0.4) is 0 Å². The highest BCUT2D eigenvalue weighted by Gasteiger charge is 2.35. The van der Waals surface area contributed by atoms with Crippen LogP contribution in [0.5, 0.6) is 0 Å². The van der Waals surface area contributed by atoms with Gasteiger partial charge in [-0.15, -0.1) is 0 Å². The van der Waals surface area contributed by atoms with Crippen LogP contribution in [0.15, 0.2) is 47.3 Å². The zero-order chi connectivity index (χ0) is 22.0. The molecule has 4 rings (SSSR count). The van der Waals surface area contributed by atoms with E-state index in [0.717, 1.165) is 31.7 Å². The van der Waals surface area contributed by atoms with Crippen molar-refractivity contribution in [3.8, 4) is 0 Å². The molecule has 1 N–H and O–H groups in total. The Morgan fingerprint density at radius 3 is 2.68 bits per heavy atom. The molecular formula is C22H23N3O4S2. The number of benzene rings is 1. The van der Waals surface area contributed by atoms with Crippen LogP contribution in [0.4, 0.5) is 5.69 Å². The zero-order valence-corrected chi connectivity index (χ0v) is 18.7. The summed E-state index contributed by atoms with van der Waals surface area (Å²) in [5, 5.41) is 2.82. The van der Waals surface area contributed by atoms with Gasteiger partial charge in [-0.2, -0.15) is 0 Å². The number of ether oxygens (including phenoxy) is 1. The van der Waals surface area contributed by atoms with Gasteiger partial charge in [0.1, 0.15) is 4.32 Å². The van der Waals surface area contributed by atoms with Crippen molar-refractivity contribution in [1.29, 1.82) is 0 Å². The third-order valence-electron chi connectivity index (χ3n) is 5.65. The van der Waals surface area contributed by atoms with E-state index in [1.807, 2.05) is 16.7 Å². The van der Waals surface area contributed by atoms with Gasteiger partial charge in [0.2, 0.25) is 5.91 Å². The average Bonchev–Trinajstić information content (AvgIpc) is 2.78. The molecule has 0 unspecified atom stereocenters. The quantitative estimate of drug-likeness (QED) is 0.559. The molecule has 2 aliphatic heterocycles. The Balaban J connectivity index is 1.31. The smallest absolute Gasteiger partial charge is 0.337 e. The van der Waals surface area contributed by atoms with Crippen molar-refractivity contribution in [2.45, 2.75) is 18.9 Å². The Bertz CT molecular complexity index is 1070. The summed E-state index contributed by atoms with van der Waals surface area (Å²) < 4.78 is 7.27. The molecule has 1 aromatic heterocycles. The van der Waals surface area contributed by atoms with Gasteiger partial charge in [0.25, 0.3) is 5.56 Å². The molecule has 0 spiro atoms. The number of likely N-dealkylation sites (tertiary alicyclic amines) is 1. The molecule has 3 heterocycles. The lowest BCUT2D eigenvalue weighted by atomic mass is 9.83. The number of hydrogen-bond donors (Lipinski definition) is 1. The minimum atomic E-state index is -0.419. The maximum absolute atomic E-state index is 12.3. The van der Waals surface area contributed by atoms with Crippen LogP contribution in [-0.4, -0.2) is 51.6 Å². The van der Waals surface area contributed by atoms with E-state index in [9.17, 15) is 14.4 Å². The molecule has 0 aliphatic carbocycles. The van der Waals surface area contributed by atoms with Crippen molar-refractivity contribution in [1.82, 2.24) is 9.47 Å². The first-order valence-corrected chi connectivity index (χ1v) is 11.4. The van der Waals surface area contributed by atoms with E-state index < -0.39 is 5.97 Å². The fourth-order valence-corrected chi connectivity index (χ4v) is 5.25. The van der Waals surface area contributed by atoms with Crippen molar-refractivity contribution in [3.05, 3.63) is 64.1 Å². The molecule has 2 aromatic rings. The van der Waals surface area contributed by atoms with Gasteiger partial charge >= 0.3 is 5.97 Å². The number of fused-ring (bicyclic) bond motifs is 4. The first-order valence-electron chi connectivity index (χ1n) is 10.0. The fourth-order valence-electron chi connectivity index (χ4n) is 4.27. The first kappa shape index (κ1) is 21.6. The Morgan fingerprint density at radius 2 is 1.94 bits per heavy atom. The summed E-state index contributed by atoms with van der Waals surface area (Å²) in [6.07, 6.45) is 1.06. The highest BCUT2D eigenvalue weighted by Crippen LogP contribution is 2.36. The number of esters is 1. The molecule has 1 amide bonds. The lowest BCUT2D eigenvalue weighted by Gasteiger charge is -2.43. The van der Waals surface area contributed by atoms with E-state index in [2.05, 4.69) is 15.0 Å². The van der Waals surface area contributed by atoms with E-state index in [1.165, 1.54) is 18.9 Å². The predicted molar refractivity (Wildman–Crippen MR) is 125 cm³/mol. The van der Waals surface area contributed by atoms with Crippen LogP contribution in [0.2, 0.25) is 0 Å². The average molecular weight is 458 g/mol. The molecule has 1 aromatic carbocycles. The molecule has 2 atom stereocenters. The Kier molecular flexibility index (Phi) is 6.43. The van der Waals surface area contributed by atoms with Crippen LogP contribution < -0.4 is 10.9 Å². The molecule has 1 saturated heterocycles. The molecule has 2 aliphatic rings. The predicted octanol–water partition coefficient (Wildman–Crippen LogP) is 2.71. The van der Waals surface area contributed by atoms with Crippen LogP contribution in [0.25, 0.3) is 0 Å². The van der Waals surface area contributed by atoms with E-state index in [0.29, 0.717) is 21.5 Å². The van der Waals surface area contributed by atoms with Gasteiger partial charge in [-0.25, -0.2) is 4.79 Å². The number of amides is 1. The second kappa shape index (κ2) is 9.23. The maximum Gasteiger partial charge on any atom is 0.337 e. The zero-order valence-electron chi connectivity index (χ0n) is 17.1. The van der Waals surface area contributed by atoms with Crippen molar-refractivity contribution in [2.75, 3.05) is 31.3 Å².